The number of carboxylic acids is 1. The Morgan fingerprint density at radius 2 is 1.52 bits per heavy atom. The van der Waals surface area contributed by atoms with E-state index in [4.69, 9.17) is 14.2 Å². The van der Waals surface area contributed by atoms with E-state index >= 15 is 0 Å². The van der Waals surface area contributed by atoms with Crippen molar-refractivity contribution in [3.63, 3.8) is 0 Å². The van der Waals surface area contributed by atoms with Crippen molar-refractivity contribution in [1.82, 2.24) is 0 Å². The van der Waals surface area contributed by atoms with Crippen molar-refractivity contribution in [3.05, 3.63) is 29.8 Å². The van der Waals surface area contributed by atoms with Crippen molar-refractivity contribution >= 4 is 22.7 Å². The first-order valence-electron chi connectivity index (χ1n) is 6.08. The molecule has 0 aliphatic rings. The maximum absolute atomic E-state index is 11.3. The first kappa shape index (κ1) is 14.6. The SMILES string of the molecule is COc1cc2c(OC(C)=O)ccc(C(=O)O)c2cc1OC. The third kappa shape index (κ3) is 2.74. The maximum atomic E-state index is 11.3. The zero-order chi connectivity index (χ0) is 15.6. The van der Waals surface area contributed by atoms with Gasteiger partial charge in [0.05, 0.1) is 19.8 Å². The van der Waals surface area contributed by atoms with Crippen LogP contribution in [0.5, 0.6) is 17.2 Å². The lowest BCUT2D eigenvalue weighted by molar-refractivity contribution is -0.131. The van der Waals surface area contributed by atoms with Crippen molar-refractivity contribution in [2.24, 2.45) is 0 Å². The molecule has 0 atom stereocenters. The summed E-state index contributed by atoms with van der Waals surface area (Å²) in [5.41, 5.74) is 0.0851. The van der Waals surface area contributed by atoms with Crippen molar-refractivity contribution in [3.8, 4) is 17.2 Å². The topological polar surface area (TPSA) is 82.1 Å². The van der Waals surface area contributed by atoms with Crippen LogP contribution in [0.1, 0.15) is 17.3 Å². The van der Waals surface area contributed by atoms with Crippen LogP contribution in [0, 0.1) is 0 Å². The van der Waals surface area contributed by atoms with Gasteiger partial charge in [-0.3, -0.25) is 4.79 Å². The zero-order valence-electron chi connectivity index (χ0n) is 11.8. The first-order valence-corrected chi connectivity index (χ1v) is 6.08. The summed E-state index contributed by atoms with van der Waals surface area (Å²) < 4.78 is 15.5. The van der Waals surface area contributed by atoms with Gasteiger partial charge in [0.1, 0.15) is 5.75 Å². The van der Waals surface area contributed by atoms with Crippen molar-refractivity contribution in [2.45, 2.75) is 6.92 Å². The van der Waals surface area contributed by atoms with Gasteiger partial charge in [0.2, 0.25) is 0 Å². The van der Waals surface area contributed by atoms with Gasteiger partial charge in [-0.2, -0.15) is 0 Å². The highest BCUT2D eigenvalue weighted by molar-refractivity contribution is 6.07. The van der Waals surface area contributed by atoms with Crippen molar-refractivity contribution in [2.75, 3.05) is 14.2 Å². The summed E-state index contributed by atoms with van der Waals surface area (Å²) in [6.45, 7) is 1.28. The number of carbonyl (C=O) groups is 2. The van der Waals surface area contributed by atoms with Gasteiger partial charge in [-0.15, -0.1) is 0 Å². The van der Waals surface area contributed by atoms with Crippen LogP contribution in [0.25, 0.3) is 10.8 Å². The van der Waals surface area contributed by atoms with Crippen molar-refractivity contribution in [1.29, 1.82) is 0 Å². The molecule has 0 aliphatic heterocycles. The molecule has 110 valence electrons. The Hall–Kier alpha value is -2.76. The van der Waals surface area contributed by atoms with Gasteiger partial charge in [-0.1, -0.05) is 0 Å². The third-order valence-corrected chi connectivity index (χ3v) is 2.96. The van der Waals surface area contributed by atoms with Gasteiger partial charge in [-0.05, 0) is 24.3 Å². The molecule has 2 rings (SSSR count). The number of ether oxygens (including phenoxy) is 3. The Labute approximate surface area is 120 Å². The Balaban J connectivity index is 2.82. The number of aromatic carboxylic acids is 1. The Morgan fingerprint density at radius 3 is 2.00 bits per heavy atom. The van der Waals surface area contributed by atoms with Crippen LogP contribution in [-0.2, 0) is 4.79 Å². The second kappa shape index (κ2) is 5.70. The summed E-state index contributed by atoms with van der Waals surface area (Å²) >= 11 is 0. The lowest BCUT2D eigenvalue weighted by Gasteiger charge is -2.13. The predicted octanol–water partition coefficient (Wildman–Crippen LogP) is 2.48. The minimum Gasteiger partial charge on any atom is -0.493 e. The predicted molar refractivity (Wildman–Crippen MR) is 75.3 cm³/mol. The molecule has 0 unspecified atom stereocenters. The molecule has 0 saturated heterocycles. The van der Waals surface area contributed by atoms with Crippen LogP contribution in [0.3, 0.4) is 0 Å². The van der Waals surface area contributed by atoms with Gasteiger partial charge in [0.15, 0.2) is 11.5 Å². The highest BCUT2D eigenvalue weighted by Crippen LogP contribution is 2.38. The quantitative estimate of drug-likeness (QED) is 0.688. The molecule has 1 N–H and O–H groups in total. The molecule has 6 heteroatoms. The summed E-state index contributed by atoms with van der Waals surface area (Å²) in [6.07, 6.45) is 0. The Bertz CT molecular complexity index is 720. The highest BCUT2D eigenvalue weighted by atomic mass is 16.5. The lowest BCUT2D eigenvalue weighted by Crippen LogP contribution is -2.04. The Morgan fingerprint density at radius 1 is 0.952 bits per heavy atom. The molecule has 0 heterocycles. The first-order chi connectivity index (χ1) is 9.97. The molecule has 6 nitrogen and oxygen atoms in total. The standard InChI is InChI=1S/C15H14O6/c1-8(16)21-12-5-4-9(15(17)18)10-6-13(19-2)14(20-3)7-11(10)12/h4-7H,1-3H3,(H,17,18). The van der Waals surface area contributed by atoms with E-state index < -0.39 is 11.9 Å². The molecule has 0 aliphatic carbocycles. The maximum Gasteiger partial charge on any atom is 0.336 e. The van der Waals surface area contributed by atoms with Gasteiger partial charge in [0.25, 0.3) is 0 Å². The number of carboxylic acid groups (broad SMARTS) is 1. The van der Waals surface area contributed by atoms with E-state index in [0.717, 1.165) is 0 Å². The molecule has 0 spiro atoms. The number of rotatable bonds is 4. The minimum atomic E-state index is -1.08. The van der Waals surface area contributed by atoms with Crippen LogP contribution in [0.2, 0.25) is 0 Å². The van der Waals surface area contributed by atoms with Gasteiger partial charge in [0, 0.05) is 17.7 Å². The number of fused-ring (bicyclic) bond motifs is 1. The van der Waals surface area contributed by atoms with E-state index in [-0.39, 0.29) is 11.3 Å². The number of methoxy groups -OCH3 is 2. The van der Waals surface area contributed by atoms with E-state index in [0.29, 0.717) is 22.3 Å². The van der Waals surface area contributed by atoms with Crippen molar-refractivity contribution < 1.29 is 28.9 Å². The van der Waals surface area contributed by atoms with Crippen LogP contribution in [-0.4, -0.2) is 31.3 Å². The molecule has 0 bridgehead atoms. The molecular formula is C15H14O6. The summed E-state index contributed by atoms with van der Waals surface area (Å²) in [7, 11) is 2.93. The normalized spacial score (nSPS) is 10.2. The van der Waals surface area contributed by atoms with Crippen LogP contribution in [0.15, 0.2) is 24.3 Å². The van der Waals surface area contributed by atoms with Gasteiger partial charge in [-0.25, -0.2) is 4.79 Å². The largest absolute Gasteiger partial charge is 0.493 e. The fraction of sp³-hybridized carbons (Fsp3) is 0.200. The molecule has 0 saturated carbocycles. The summed E-state index contributed by atoms with van der Waals surface area (Å²) in [6, 6.07) is 5.96. The van der Waals surface area contributed by atoms with E-state index in [1.54, 1.807) is 12.1 Å². The molecule has 2 aromatic rings. The molecule has 2 aromatic carbocycles. The van der Waals surface area contributed by atoms with E-state index in [2.05, 4.69) is 0 Å². The number of benzene rings is 2. The summed E-state index contributed by atoms with van der Waals surface area (Å²) in [4.78, 5) is 22.5. The molecule has 21 heavy (non-hydrogen) atoms. The van der Waals surface area contributed by atoms with E-state index in [9.17, 15) is 14.7 Å². The highest BCUT2D eigenvalue weighted by Gasteiger charge is 2.17. The third-order valence-electron chi connectivity index (χ3n) is 2.96. The second-order valence-corrected chi connectivity index (χ2v) is 4.26. The lowest BCUT2D eigenvalue weighted by atomic mass is 10.0. The molecule has 0 radical (unpaired) electrons. The number of esters is 1. The summed E-state index contributed by atoms with van der Waals surface area (Å²) in [5, 5.41) is 10.1. The zero-order valence-corrected chi connectivity index (χ0v) is 11.8. The van der Waals surface area contributed by atoms with E-state index in [1.807, 2.05) is 0 Å². The fourth-order valence-electron chi connectivity index (χ4n) is 2.07. The minimum absolute atomic E-state index is 0.0851. The summed E-state index contributed by atoms with van der Waals surface area (Å²) in [5.74, 6) is -0.493. The van der Waals surface area contributed by atoms with Gasteiger partial charge >= 0.3 is 11.9 Å². The number of hydrogen-bond acceptors (Lipinski definition) is 5. The average Bonchev–Trinajstić information content (AvgIpc) is 2.45. The fourth-order valence-corrected chi connectivity index (χ4v) is 2.07. The number of hydrogen-bond donors (Lipinski definition) is 1. The molecular weight excluding hydrogens is 276 g/mol. The molecule has 0 fully saturated rings. The van der Waals surface area contributed by atoms with Crippen LogP contribution in [0.4, 0.5) is 0 Å². The Kier molecular flexibility index (Phi) is 3.98. The second-order valence-electron chi connectivity index (χ2n) is 4.26. The van der Waals surface area contributed by atoms with Gasteiger partial charge < -0.3 is 19.3 Å². The van der Waals surface area contributed by atoms with Crippen LogP contribution >= 0.6 is 0 Å². The smallest absolute Gasteiger partial charge is 0.336 e. The molecule has 0 aromatic heterocycles. The van der Waals surface area contributed by atoms with Crippen LogP contribution < -0.4 is 14.2 Å². The van der Waals surface area contributed by atoms with E-state index in [1.165, 1.54) is 33.3 Å². The molecule has 0 amide bonds. The number of carbonyl (C=O) groups excluding carboxylic acids is 1. The monoisotopic (exact) mass is 290 g/mol. The average molecular weight is 290 g/mol.